The molecule has 2 N–H and O–H groups in total. The van der Waals surface area contributed by atoms with E-state index in [2.05, 4.69) is 45.3 Å². The Labute approximate surface area is 96.7 Å². The van der Waals surface area contributed by atoms with Gasteiger partial charge >= 0.3 is 0 Å². The molecule has 0 bridgehead atoms. The zero-order chi connectivity index (χ0) is 11.1. The first kappa shape index (κ1) is 9.47. The minimum Gasteiger partial charge on any atom is -0.338 e. The highest BCUT2D eigenvalue weighted by Gasteiger charge is 2.06. The highest BCUT2D eigenvalue weighted by Crippen LogP contribution is 2.22. The number of nitrogens with zero attached hydrogens (tertiary/aromatic N) is 2. The van der Waals surface area contributed by atoms with Gasteiger partial charge in [-0.15, -0.1) is 0 Å². The van der Waals surface area contributed by atoms with Crippen LogP contribution in [0.25, 0.3) is 22.1 Å². The van der Waals surface area contributed by atoms with Crippen LogP contribution in [0.5, 0.6) is 0 Å². The van der Waals surface area contributed by atoms with Gasteiger partial charge in [-0.1, -0.05) is 13.0 Å². The molecule has 16 heavy (non-hydrogen) atoms. The van der Waals surface area contributed by atoms with E-state index in [1.165, 1.54) is 5.56 Å². The third kappa shape index (κ3) is 1.32. The van der Waals surface area contributed by atoms with Crippen molar-refractivity contribution in [2.75, 3.05) is 0 Å². The molecule has 0 atom stereocenters. The summed E-state index contributed by atoms with van der Waals surface area (Å²) in [6.45, 7) is 2.13. The summed E-state index contributed by atoms with van der Waals surface area (Å²) >= 11 is 4.94. The van der Waals surface area contributed by atoms with Crippen LogP contribution >= 0.6 is 12.2 Å². The Kier molecular flexibility index (Phi) is 2.00. The second kappa shape index (κ2) is 3.38. The van der Waals surface area contributed by atoms with Crippen LogP contribution in [0.4, 0.5) is 0 Å². The average molecular weight is 230 g/mol. The third-order valence-electron chi connectivity index (χ3n) is 2.70. The SMILES string of the molecule is CCc1ccc2[nH]c3nc(=S)[nH]nc3c2c1. The van der Waals surface area contributed by atoms with Gasteiger partial charge in [0.1, 0.15) is 5.52 Å². The Morgan fingerprint density at radius 1 is 1.38 bits per heavy atom. The van der Waals surface area contributed by atoms with Gasteiger partial charge in [0.2, 0.25) is 4.77 Å². The largest absolute Gasteiger partial charge is 0.338 e. The van der Waals surface area contributed by atoms with E-state index < -0.39 is 0 Å². The van der Waals surface area contributed by atoms with Crippen molar-refractivity contribution in [3.05, 3.63) is 28.5 Å². The second-order valence-corrected chi connectivity index (χ2v) is 4.08. The third-order valence-corrected chi connectivity index (χ3v) is 2.88. The van der Waals surface area contributed by atoms with Crippen LogP contribution < -0.4 is 0 Å². The average Bonchev–Trinajstić information content (AvgIpc) is 2.65. The van der Waals surface area contributed by atoms with Crippen LogP contribution in [0.1, 0.15) is 12.5 Å². The minimum absolute atomic E-state index is 0.398. The zero-order valence-corrected chi connectivity index (χ0v) is 9.56. The molecule has 0 aliphatic carbocycles. The normalized spacial score (nSPS) is 11.3. The van der Waals surface area contributed by atoms with Crippen LogP contribution in [0, 0.1) is 4.77 Å². The van der Waals surface area contributed by atoms with E-state index in [1.807, 2.05) is 0 Å². The molecule has 3 aromatic rings. The lowest BCUT2D eigenvalue weighted by molar-refractivity contribution is 0.999. The Morgan fingerprint density at radius 3 is 3.06 bits per heavy atom. The molecule has 0 saturated heterocycles. The molecule has 0 unspecified atom stereocenters. The number of aromatic amines is 2. The molecule has 2 aromatic heterocycles. The highest BCUT2D eigenvalue weighted by atomic mass is 32.1. The van der Waals surface area contributed by atoms with Gasteiger partial charge in [-0.25, -0.2) is 0 Å². The first-order valence-corrected chi connectivity index (χ1v) is 5.56. The fourth-order valence-corrected chi connectivity index (χ4v) is 1.99. The van der Waals surface area contributed by atoms with E-state index in [9.17, 15) is 0 Å². The zero-order valence-electron chi connectivity index (χ0n) is 8.74. The number of nitrogens with one attached hydrogen (secondary N) is 2. The van der Waals surface area contributed by atoms with Gasteiger partial charge in [0.25, 0.3) is 0 Å². The van der Waals surface area contributed by atoms with E-state index in [0.717, 1.165) is 28.5 Å². The minimum atomic E-state index is 0.398. The van der Waals surface area contributed by atoms with Crippen LogP contribution in [-0.4, -0.2) is 20.2 Å². The van der Waals surface area contributed by atoms with Crippen LogP contribution in [0.3, 0.4) is 0 Å². The number of hydrogen-bond acceptors (Lipinski definition) is 3. The lowest BCUT2D eigenvalue weighted by atomic mass is 10.1. The predicted octanol–water partition coefficient (Wildman–Crippen LogP) is 2.73. The maximum atomic E-state index is 4.94. The summed E-state index contributed by atoms with van der Waals surface area (Å²) in [5.74, 6) is 0. The number of rotatable bonds is 1. The van der Waals surface area contributed by atoms with E-state index in [1.54, 1.807) is 0 Å². The van der Waals surface area contributed by atoms with Crippen LogP contribution in [-0.2, 0) is 6.42 Å². The van der Waals surface area contributed by atoms with Crippen molar-refractivity contribution in [2.24, 2.45) is 0 Å². The standard InChI is InChI=1S/C11H10N4S/c1-2-6-3-4-8-7(5-6)9-10(12-8)13-11(16)15-14-9/h3-5H,2H2,1H3,(H2,12,13,15,16). The molecular weight excluding hydrogens is 220 g/mol. The number of aryl methyl sites for hydroxylation is 1. The summed E-state index contributed by atoms with van der Waals surface area (Å²) in [4.78, 5) is 7.42. The van der Waals surface area contributed by atoms with Crippen molar-refractivity contribution in [2.45, 2.75) is 13.3 Å². The smallest absolute Gasteiger partial charge is 0.215 e. The molecule has 4 nitrogen and oxygen atoms in total. The van der Waals surface area contributed by atoms with Crippen molar-refractivity contribution in [1.29, 1.82) is 0 Å². The predicted molar refractivity (Wildman–Crippen MR) is 66.0 cm³/mol. The number of aromatic nitrogens is 4. The molecule has 2 heterocycles. The van der Waals surface area contributed by atoms with Gasteiger partial charge in [0, 0.05) is 10.9 Å². The lowest BCUT2D eigenvalue weighted by Gasteiger charge is -1.95. The molecule has 5 heteroatoms. The summed E-state index contributed by atoms with van der Waals surface area (Å²) in [7, 11) is 0. The fraction of sp³-hybridized carbons (Fsp3) is 0.182. The molecule has 0 spiro atoms. The maximum absolute atomic E-state index is 4.94. The van der Waals surface area contributed by atoms with Gasteiger partial charge < -0.3 is 4.98 Å². The summed E-state index contributed by atoms with van der Waals surface area (Å²) in [6.07, 6.45) is 1.01. The number of benzene rings is 1. The lowest BCUT2D eigenvalue weighted by Crippen LogP contribution is -1.86. The van der Waals surface area contributed by atoms with E-state index in [4.69, 9.17) is 12.2 Å². The summed E-state index contributed by atoms with van der Waals surface area (Å²) in [5, 5.41) is 8.04. The first-order chi connectivity index (χ1) is 7.78. The monoisotopic (exact) mass is 230 g/mol. The topological polar surface area (TPSA) is 57.4 Å². The van der Waals surface area contributed by atoms with Crippen LogP contribution in [0.2, 0.25) is 0 Å². The van der Waals surface area contributed by atoms with Gasteiger partial charge in [-0.05, 0) is 36.3 Å². The molecule has 1 aromatic carbocycles. The van der Waals surface area contributed by atoms with Crippen molar-refractivity contribution in [3.63, 3.8) is 0 Å². The Morgan fingerprint density at radius 2 is 2.25 bits per heavy atom. The maximum Gasteiger partial charge on any atom is 0.215 e. The van der Waals surface area contributed by atoms with Crippen molar-refractivity contribution >= 4 is 34.3 Å². The van der Waals surface area contributed by atoms with Crippen molar-refractivity contribution in [3.8, 4) is 0 Å². The molecule has 0 aliphatic heterocycles. The quantitative estimate of drug-likeness (QED) is 0.632. The van der Waals surface area contributed by atoms with Crippen molar-refractivity contribution in [1.82, 2.24) is 20.2 Å². The van der Waals surface area contributed by atoms with Crippen molar-refractivity contribution < 1.29 is 0 Å². The molecule has 3 rings (SSSR count). The Balaban J connectivity index is 2.47. The number of fused-ring (bicyclic) bond motifs is 3. The molecule has 0 aliphatic rings. The molecular formula is C11H10N4S. The molecule has 0 saturated carbocycles. The summed E-state index contributed by atoms with van der Waals surface area (Å²) in [5.41, 5.74) is 3.92. The number of hydrogen-bond donors (Lipinski definition) is 2. The van der Waals surface area contributed by atoms with E-state index >= 15 is 0 Å². The highest BCUT2D eigenvalue weighted by molar-refractivity contribution is 7.71. The summed E-state index contributed by atoms with van der Waals surface area (Å²) in [6, 6.07) is 6.30. The fourth-order valence-electron chi connectivity index (χ4n) is 1.85. The van der Waals surface area contributed by atoms with Gasteiger partial charge in [0.15, 0.2) is 5.65 Å². The first-order valence-electron chi connectivity index (χ1n) is 5.15. The summed E-state index contributed by atoms with van der Waals surface area (Å²) < 4.78 is 0.398. The molecule has 80 valence electrons. The van der Waals surface area contributed by atoms with Crippen LogP contribution in [0.15, 0.2) is 18.2 Å². The van der Waals surface area contributed by atoms with Gasteiger partial charge in [-0.2, -0.15) is 10.1 Å². The van der Waals surface area contributed by atoms with E-state index in [0.29, 0.717) is 4.77 Å². The Bertz CT molecular complexity index is 726. The molecule has 0 amide bonds. The van der Waals surface area contributed by atoms with E-state index in [-0.39, 0.29) is 0 Å². The second-order valence-electron chi connectivity index (χ2n) is 3.70. The molecule has 0 radical (unpaired) electrons. The van der Waals surface area contributed by atoms with Gasteiger partial charge in [0.05, 0.1) is 0 Å². The van der Waals surface area contributed by atoms with Gasteiger partial charge in [-0.3, -0.25) is 5.10 Å². The molecule has 0 fully saturated rings. The Hall–Kier alpha value is -1.75. The number of H-pyrrole nitrogens is 2.